The van der Waals surface area contributed by atoms with Gasteiger partial charge in [-0.15, -0.1) is 0 Å². The van der Waals surface area contributed by atoms with Gasteiger partial charge in [0.2, 0.25) is 0 Å². The van der Waals surface area contributed by atoms with Crippen LogP contribution >= 0.6 is 0 Å². The van der Waals surface area contributed by atoms with E-state index in [4.69, 9.17) is 9.47 Å². The molecule has 1 fully saturated rings. The van der Waals surface area contributed by atoms with E-state index in [1.54, 1.807) is 11.1 Å². The molecule has 1 aliphatic heterocycles. The summed E-state index contributed by atoms with van der Waals surface area (Å²) in [4.78, 5) is 28.5. The molecule has 8 nitrogen and oxygen atoms in total. The molecule has 0 radical (unpaired) electrons. The highest BCUT2D eigenvalue weighted by atomic mass is 16.6. The Morgan fingerprint density at radius 3 is 2.50 bits per heavy atom. The molecular formula is C22H30N4O4. The first-order valence-corrected chi connectivity index (χ1v) is 10.2. The van der Waals surface area contributed by atoms with Crippen LogP contribution in [0.15, 0.2) is 42.6 Å². The van der Waals surface area contributed by atoms with Gasteiger partial charge in [0.25, 0.3) is 0 Å². The lowest BCUT2D eigenvalue weighted by Gasteiger charge is -2.38. The van der Waals surface area contributed by atoms with Crippen molar-refractivity contribution in [1.82, 2.24) is 19.6 Å². The molecule has 8 heteroatoms. The molecule has 3 rings (SSSR count). The molecule has 1 amide bonds. The minimum atomic E-state index is -0.565. The lowest BCUT2D eigenvalue weighted by atomic mass is 10.2. The summed E-state index contributed by atoms with van der Waals surface area (Å²) < 4.78 is 12.0. The second-order valence-electron chi connectivity index (χ2n) is 8.55. The molecular weight excluding hydrogens is 384 g/mol. The summed E-state index contributed by atoms with van der Waals surface area (Å²) in [6.07, 6.45) is 0.831. The van der Waals surface area contributed by atoms with E-state index in [1.165, 1.54) is 4.68 Å². The number of hydrogen-bond acceptors (Lipinski definition) is 6. The lowest BCUT2D eigenvalue weighted by molar-refractivity contribution is 0.0445. The SMILES string of the molecule is C[C@H]1CN(Cc2ccn(C(=O)OC(C)(C)C)n2)CCN1C(=O)OCc1ccccc1. The van der Waals surface area contributed by atoms with Crippen molar-refractivity contribution in [2.24, 2.45) is 0 Å². The van der Waals surface area contributed by atoms with Gasteiger partial charge >= 0.3 is 12.2 Å². The molecule has 0 bridgehead atoms. The Balaban J connectivity index is 1.48. The van der Waals surface area contributed by atoms with Crippen molar-refractivity contribution in [3.63, 3.8) is 0 Å². The number of aromatic nitrogens is 2. The zero-order valence-electron chi connectivity index (χ0n) is 18.1. The van der Waals surface area contributed by atoms with E-state index in [9.17, 15) is 9.59 Å². The molecule has 2 aromatic rings. The largest absolute Gasteiger partial charge is 0.445 e. The lowest BCUT2D eigenvalue weighted by Crippen LogP contribution is -2.53. The summed E-state index contributed by atoms with van der Waals surface area (Å²) in [5.74, 6) is 0. The molecule has 1 aliphatic rings. The third kappa shape index (κ3) is 6.06. The number of carbonyl (C=O) groups excluding carboxylic acids is 2. The molecule has 2 heterocycles. The van der Waals surface area contributed by atoms with E-state index >= 15 is 0 Å². The smallest absolute Gasteiger partial charge is 0.435 e. The minimum absolute atomic E-state index is 0.0231. The normalized spacial score (nSPS) is 17.6. The van der Waals surface area contributed by atoms with E-state index in [0.717, 1.165) is 11.3 Å². The van der Waals surface area contributed by atoms with Gasteiger partial charge in [-0.2, -0.15) is 9.78 Å². The molecule has 0 spiro atoms. The van der Waals surface area contributed by atoms with E-state index < -0.39 is 11.7 Å². The highest BCUT2D eigenvalue weighted by Crippen LogP contribution is 2.15. The van der Waals surface area contributed by atoms with Crippen molar-refractivity contribution < 1.29 is 19.1 Å². The first kappa shape index (κ1) is 21.8. The maximum atomic E-state index is 12.5. The number of nitrogens with zero attached hydrogens (tertiary/aromatic N) is 4. The fourth-order valence-electron chi connectivity index (χ4n) is 3.34. The molecule has 0 aliphatic carbocycles. The van der Waals surface area contributed by atoms with Gasteiger partial charge < -0.3 is 14.4 Å². The number of piperazine rings is 1. The topological polar surface area (TPSA) is 76.9 Å². The van der Waals surface area contributed by atoms with Crippen LogP contribution in [0, 0.1) is 0 Å². The Kier molecular flexibility index (Phi) is 6.77. The zero-order chi connectivity index (χ0) is 21.7. The summed E-state index contributed by atoms with van der Waals surface area (Å²) in [5, 5.41) is 4.33. The van der Waals surface area contributed by atoms with Crippen LogP contribution in [0.3, 0.4) is 0 Å². The van der Waals surface area contributed by atoms with Crippen LogP contribution in [0.5, 0.6) is 0 Å². The van der Waals surface area contributed by atoms with Gasteiger partial charge in [-0.3, -0.25) is 4.90 Å². The third-order valence-electron chi connectivity index (χ3n) is 4.76. The quantitative estimate of drug-likeness (QED) is 0.762. The van der Waals surface area contributed by atoms with Crippen molar-refractivity contribution in [2.45, 2.75) is 52.5 Å². The van der Waals surface area contributed by atoms with E-state index in [0.29, 0.717) is 26.2 Å². The highest BCUT2D eigenvalue weighted by Gasteiger charge is 2.29. The Hall–Kier alpha value is -2.87. The Bertz CT molecular complexity index is 860. The molecule has 0 saturated carbocycles. The van der Waals surface area contributed by atoms with Crippen LogP contribution in [-0.4, -0.2) is 63.0 Å². The van der Waals surface area contributed by atoms with Gasteiger partial charge in [0, 0.05) is 38.4 Å². The summed E-state index contributed by atoms with van der Waals surface area (Å²) in [7, 11) is 0. The van der Waals surface area contributed by atoms with Gasteiger partial charge in [0.15, 0.2) is 0 Å². The monoisotopic (exact) mass is 414 g/mol. The Labute approximate surface area is 177 Å². The first-order valence-electron chi connectivity index (χ1n) is 10.2. The van der Waals surface area contributed by atoms with Crippen LogP contribution in [0.2, 0.25) is 0 Å². The molecule has 1 aromatic heterocycles. The maximum absolute atomic E-state index is 12.5. The van der Waals surface area contributed by atoms with Crippen LogP contribution in [0.1, 0.15) is 39.0 Å². The van der Waals surface area contributed by atoms with E-state index in [2.05, 4.69) is 10.00 Å². The molecule has 162 valence electrons. The molecule has 1 atom stereocenters. The molecule has 0 unspecified atom stereocenters. The molecule has 1 aromatic carbocycles. The molecule has 30 heavy (non-hydrogen) atoms. The standard InChI is InChI=1S/C22H30N4O4/c1-17-14-24(15-19-10-11-26(23-19)21(28)30-22(2,3)4)12-13-25(17)20(27)29-16-18-8-6-5-7-9-18/h5-11,17H,12-16H2,1-4H3/t17-/m0/s1. The van der Waals surface area contributed by atoms with Crippen LogP contribution in [0.25, 0.3) is 0 Å². The number of ether oxygens (including phenoxy) is 2. The Morgan fingerprint density at radius 2 is 1.83 bits per heavy atom. The zero-order valence-corrected chi connectivity index (χ0v) is 18.1. The van der Waals surface area contributed by atoms with E-state index in [1.807, 2.05) is 64.1 Å². The van der Waals surface area contributed by atoms with Crippen LogP contribution in [-0.2, 0) is 22.6 Å². The van der Waals surface area contributed by atoms with Crippen LogP contribution in [0.4, 0.5) is 9.59 Å². The first-order chi connectivity index (χ1) is 14.2. The highest BCUT2D eigenvalue weighted by molar-refractivity contribution is 5.69. The predicted octanol–water partition coefficient (Wildman–Crippen LogP) is 3.51. The van der Waals surface area contributed by atoms with Gasteiger partial charge in [-0.1, -0.05) is 30.3 Å². The second-order valence-corrected chi connectivity index (χ2v) is 8.55. The van der Waals surface area contributed by atoms with Crippen molar-refractivity contribution in [3.8, 4) is 0 Å². The number of hydrogen-bond donors (Lipinski definition) is 0. The van der Waals surface area contributed by atoms with Gasteiger partial charge in [-0.05, 0) is 39.3 Å². The fraction of sp³-hybridized carbons (Fsp3) is 0.500. The van der Waals surface area contributed by atoms with Crippen molar-refractivity contribution in [1.29, 1.82) is 0 Å². The summed E-state index contributed by atoms with van der Waals surface area (Å²) >= 11 is 0. The summed E-state index contributed by atoms with van der Waals surface area (Å²) in [5.41, 5.74) is 1.19. The predicted molar refractivity (Wildman–Crippen MR) is 112 cm³/mol. The van der Waals surface area contributed by atoms with Crippen molar-refractivity contribution in [3.05, 3.63) is 53.9 Å². The third-order valence-corrected chi connectivity index (χ3v) is 4.76. The second kappa shape index (κ2) is 9.30. The van der Waals surface area contributed by atoms with Crippen molar-refractivity contribution >= 4 is 12.2 Å². The Morgan fingerprint density at radius 1 is 1.10 bits per heavy atom. The number of carbonyl (C=O) groups is 2. The van der Waals surface area contributed by atoms with Crippen molar-refractivity contribution in [2.75, 3.05) is 19.6 Å². The van der Waals surface area contributed by atoms with Gasteiger partial charge in [0.1, 0.15) is 12.2 Å². The van der Waals surface area contributed by atoms with Gasteiger partial charge in [0.05, 0.1) is 5.69 Å². The fourth-order valence-corrected chi connectivity index (χ4v) is 3.34. The summed E-state index contributed by atoms with van der Waals surface area (Å²) in [6, 6.07) is 11.5. The average Bonchev–Trinajstić information content (AvgIpc) is 3.14. The number of benzene rings is 1. The van der Waals surface area contributed by atoms with Gasteiger partial charge in [-0.25, -0.2) is 9.59 Å². The average molecular weight is 415 g/mol. The minimum Gasteiger partial charge on any atom is -0.445 e. The molecule has 0 N–H and O–H groups in total. The summed E-state index contributed by atoms with van der Waals surface area (Å²) in [6.45, 7) is 10.4. The van der Waals surface area contributed by atoms with E-state index in [-0.39, 0.29) is 18.7 Å². The van der Waals surface area contributed by atoms with Crippen LogP contribution < -0.4 is 0 Å². The number of rotatable bonds is 4. The maximum Gasteiger partial charge on any atom is 0.435 e. The molecule has 1 saturated heterocycles. The number of amides is 1.